The lowest BCUT2D eigenvalue weighted by atomic mass is 10.1. The van der Waals surface area contributed by atoms with Crippen LogP contribution in [0.2, 0.25) is 0 Å². The molecule has 0 bridgehead atoms. The summed E-state index contributed by atoms with van der Waals surface area (Å²) in [5, 5.41) is 0. The minimum atomic E-state index is -0.525. The fourth-order valence-corrected chi connectivity index (χ4v) is 2.93. The molecule has 6 heteroatoms. The molecule has 3 rings (SSSR count). The van der Waals surface area contributed by atoms with Crippen molar-refractivity contribution in [3.63, 3.8) is 0 Å². The van der Waals surface area contributed by atoms with Crippen LogP contribution in [0.3, 0.4) is 0 Å². The van der Waals surface area contributed by atoms with Crippen LogP contribution in [0, 0.1) is 5.82 Å². The van der Waals surface area contributed by atoms with Gasteiger partial charge in [-0.05, 0) is 42.5 Å². The van der Waals surface area contributed by atoms with Gasteiger partial charge in [0, 0.05) is 18.6 Å². The Bertz CT molecular complexity index is 991. The number of carbonyl (C=O) groups is 1. The lowest BCUT2D eigenvalue weighted by molar-refractivity contribution is -0.116. The van der Waals surface area contributed by atoms with E-state index in [1.54, 1.807) is 44.6 Å². The molecule has 0 aliphatic rings. The molecule has 0 aliphatic carbocycles. The Balaban J connectivity index is 1.95. The summed E-state index contributed by atoms with van der Waals surface area (Å²) in [4.78, 5) is 13.7. The maximum Gasteiger partial charge on any atom is 0.224 e. The van der Waals surface area contributed by atoms with E-state index in [1.165, 1.54) is 30.0 Å². The average Bonchev–Trinajstić information content (AvgIpc) is 2.74. The molecule has 0 fully saturated rings. The van der Waals surface area contributed by atoms with Gasteiger partial charge in [0.05, 0.1) is 26.5 Å². The van der Waals surface area contributed by atoms with Gasteiger partial charge < -0.3 is 19.1 Å². The molecule has 3 aromatic carbocycles. The molecule has 0 radical (unpaired) electrons. The Morgan fingerprint density at radius 3 is 2.28 bits per heavy atom. The van der Waals surface area contributed by atoms with Gasteiger partial charge in [0.25, 0.3) is 0 Å². The monoisotopic (exact) mass is 394 g/mol. The number of nitrogens with zero attached hydrogens (tertiary/aromatic N) is 1. The molecule has 0 spiro atoms. The van der Waals surface area contributed by atoms with Crippen LogP contribution in [0.25, 0.3) is 0 Å². The van der Waals surface area contributed by atoms with E-state index >= 15 is 0 Å². The quantitative estimate of drug-likeness (QED) is 0.553. The van der Waals surface area contributed by atoms with Gasteiger partial charge in [-0.1, -0.05) is 18.2 Å². The van der Waals surface area contributed by atoms with Gasteiger partial charge in [-0.15, -0.1) is 0 Å². The SMILES string of the molecule is COc1ccc(OC)c(CN(C(C)=O)c2cc(Oc3ccccc3)ccc2[18F])c1. The molecule has 1 amide bonds. The van der Waals surface area contributed by atoms with E-state index in [2.05, 4.69) is 0 Å². The molecular weight excluding hydrogens is 372 g/mol. The van der Waals surface area contributed by atoms with Crippen molar-refractivity contribution in [3.8, 4) is 23.0 Å². The highest BCUT2D eigenvalue weighted by Crippen LogP contribution is 2.32. The third-order valence-electron chi connectivity index (χ3n) is 4.38. The Hall–Kier alpha value is -3.54. The lowest BCUT2D eigenvalue weighted by Crippen LogP contribution is -2.29. The smallest absolute Gasteiger partial charge is 0.224 e. The van der Waals surface area contributed by atoms with Crippen LogP contribution >= 0.6 is 0 Å². The predicted molar refractivity (Wildman–Crippen MR) is 109 cm³/mol. The molecule has 150 valence electrons. The van der Waals surface area contributed by atoms with Crippen molar-refractivity contribution in [2.45, 2.75) is 13.5 Å². The maximum absolute atomic E-state index is 14.6. The van der Waals surface area contributed by atoms with E-state index in [0.717, 1.165) is 0 Å². The highest BCUT2D eigenvalue weighted by molar-refractivity contribution is 5.91. The molecular formula is C23H22FNO4. The maximum atomic E-state index is 14.6. The molecule has 3 aromatic rings. The summed E-state index contributed by atoms with van der Waals surface area (Å²) < 4.78 is 31.1. The fraction of sp³-hybridized carbons (Fsp3) is 0.174. The van der Waals surface area contributed by atoms with Crippen molar-refractivity contribution in [1.82, 2.24) is 0 Å². The van der Waals surface area contributed by atoms with Crippen molar-refractivity contribution < 1.29 is 23.4 Å². The highest BCUT2D eigenvalue weighted by atomic mass is 18.2. The number of halogens is 1. The van der Waals surface area contributed by atoms with Crippen molar-refractivity contribution in [2.24, 2.45) is 0 Å². The first kappa shape index (κ1) is 20.2. The number of benzene rings is 3. The second-order valence-corrected chi connectivity index (χ2v) is 6.31. The number of carbonyl (C=O) groups excluding carboxylic acids is 1. The largest absolute Gasteiger partial charge is 0.497 e. The van der Waals surface area contributed by atoms with Crippen molar-refractivity contribution in [3.05, 3.63) is 78.1 Å². The zero-order valence-corrected chi connectivity index (χ0v) is 16.5. The van der Waals surface area contributed by atoms with Gasteiger partial charge in [0.2, 0.25) is 5.91 Å². The van der Waals surface area contributed by atoms with Crippen molar-refractivity contribution in [1.29, 1.82) is 0 Å². The van der Waals surface area contributed by atoms with E-state index < -0.39 is 5.82 Å². The number of methoxy groups -OCH3 is 2. The molecule has 0 unspecified atom stereocenters. The molecule has 0 N–H and O–H groups in total. The van der Waals surface area contributed by atoms with Crippen molar-refractivity contribution in [2.75, 3.05) is 19.1 Å². The first-order valence-corrected chi connectivity index (χ1v) is 9.03. The van der Waals surface area contributed by atoms with Crippen LogP contribution in [0.4, 0.5) is 10.1 Å². The highest BCUT2D eigenvalue weighted by Gasteiger charge is 2.20. The van der Waals surface area contributed by atoms with Crippen LogP contribution in [-0.4, -0.2) is 20.1 Å². The number of hydrogen-bond acceptors (Lipinski definition) is 4. The normalized spacial score (nSPS) is 10.3. The number of hydrogen-bond donors (Lipinski definition) is 0. The minimum Gasteiger partial charge on any atom is -0.497 e. The molecule has 5 nitrogen and oxygen atoms in total. The van der Waals surface area contributed by atoms with Gasteiger partial charge in [0.15, 0.2) is 0 Å². The van der Waals surface area contributed by atoms with Crippen LogP contribution < -0.4 is 19.1 Å². The third-order valence-corrected chi connectivity index (χ3v) is 4.38. The van der Waals surface area contributed by atoms with E-state index in [9.17, 15) is 9.18 Å². The van der Waals surface area contributed by atoms with Gasteiger partial charge in [-0.25, -0.2) is 4.39 Å². The second-order valence-electron chi connectivity index (χ2n) is 6.31. The first-order chi connectivity index (χ1) is 14.0. The van der Waals surface area contributed by atoms with Crippen LogP contribution in [-0.2, 0) is 11.3 Å². The summed E-state index contributed by atoms with van der Waals surface area (Å²) in [6.07, 6.45) is 0. The fourth-order valence-electron chi connectivity index (χ4n) is 2.93. The summed E-state index contributed by atoms with van der Waals surface area (Å²) in [6.45, 7) is 1.50. The summed E-state index contributed by atoms with van der Waals surface area (Å²) in [6, 6.07) is 18.7. The van der Waals surface area contributed by atoms with Gasteiger partial charge in [0.1, 0.15) is 28.8 Å². The van der Waals surface area contributed by atoms with Gasteiger partial charge >= 0.3 is 0 Å². The molecule has 0 saturated heterocycles. The van der Waals surface area contributed by atoms with E-state index in [4.69, 9.17) is 14.2 Å². The molecule has 0 saturated carbocycles. The zero-order chi connectivity index (χ0) is 20.8. The average molecular weight is 394 g/mol. The zero-order valence-electron chi connectivity index (χ0n) is 16.5. The Kier molecular flexibility index (Phi) is 6.34. The van der Waals surface area contributed by atoms with Crippen molar-refractivity contribution >= 4 is 11.6 Å². The Morgan fingerprint density at radius 1 is 0.897 bits per heavy atom. The van der Waals surface area contributed by atoms with Gasteiger partial charge in [-0.3, -0.25) is 4.79 Å². The molecule has 29 heavy (non-hydrogen) atoms. The summed E-state index contributed by atoms with van der Waals surface area (Å²) in [5.41, 5.74) is 0.812. The predicted octanol–water partition coefficient (Wildman–Crippen LogP) is 5.19. The number of anilines is 1. The van der Waals surface area contributed by atoms with Crippen LogP contribution in [0.5, 0.6) is 23.0 Å². The van der Waals surface area contributed by atoms with E-state index in [1.807, 2.05) is 18.2 Å². The molecule has 0 aliphatic heterocycles. The summed E-state index contributed by atoms with van der Waals surface area (Å²) >= 11 is 0. The number of rotatable bonds is 7. The molecule has 0 heterocycles. The standard InChI is InChI=1S/C23H22FNO4/c1-16(26)25(15-17-13-19(27-2)10-12-23(17)28-3)22-14-20(9-11-21(22)24)29-18-7-5-4-6-8-18/h4-14H,15H2,1-3H3/i24-1. The summed E-state index contributed by atoms with van der Waals surface area (Å²) in [5.74, 6) is 1.40. The van der Waals surface area contributed by atoms with Crippen LogP contribution in [0.1, 0.15) is 12.5 Å². The summed E-state index contributed by atoms with van der Waals surface area (Å²) in [7, 11) is 3.09. The number of ether oxygens (including phenoxy) is 3. The third kappa shape index (κ3) is 4.85. The molecule has 0 atom stereocenters. The van der Waals surface area contributed by atoms with E-state index in [0.29, 0.717) is 28.6 Å². The first-order valence-electron chi connectivity index (χ1n) is 9.03. The lowest BCUT2D eigenvalue weighted by Gasteiger charge is -2.24. The van der Waals surface area contributed by atoms with Crippen LogP contribution in [0.15, 0.2) is 66.7 Å². The number of para-hydroxylation sites is 1. The Morgan fingerprint density at radius 2 is 1.62 bits per heavy atom. The second kappa shape index (κ2) is 9.10. The van der Waals surface area contributed by atoms with Gasteiger partial charge in [-0.2, -0.15) is 0 Å². The van der Waals surface area contributed by atoms with E-state index in [-0.39, 0.29) is 18.1 Å². The minimum absolute atomic E-state index is 0.113. The Labute approximate surface area is 169 Å². The molecule has 0 aromatic heterocycles. The topological polar surface area (TPSA) is 48.0 Å². The number of amides is 1.